The maximum atomic E-state index is 8.06. The van der Waals surface area contributed by atoms with Crippen molar-refractivity contribution in [2.75, 3.05) is 13.2 Å². The summed E-state index contributed by atoms with van der Waals surface area (Å²) in [5.41, 5.74) is 0. The number of rotatable bonds is 1. The minimum Gasteiger partial charge on any atom is -0.394 e. The molecule has 0 spiro atoms. The molecule has 0 aliphatic carbocycles. The molecule has 8 nitrogen and oxygen atoms in total. The van der Waals surface area contributed by atoms with Crippen molar-refractivity contribution in [3.05, 3.63) is 0 Å². The van der Waals surface area contributed by atoms with Gasteiger partial charge in [0.1, 0.15) is 0 Å². The van der Waals surface area contributed by atoms with Crippen LogP contribution in [0.25, 0.3) is 0 Å². The predicted molar refractivity (Wildman–Crippen MR) is 81.3 cm³/mol. The van der Waals surface area contributed by atoms with Crippen molar-refractivity contribution in [2.45, 2.75) is 59.9 Å². The van der Waals surface area contributed by atoms with Gasteiger partial charge in [-0.25, -0.2) is 0 Å². The second-order valence-corrected chi connectivity index (χ2v) is 3.73. The highest BCUT2D eigenvalue weighted by molar-refractivity contribution is 4.21. The Morgan fingerprint density at radius 3 is 0.579 bits per heavy atom. The summed E-state index contributed by atoms with van der Waals surface area (Å²) in [4.78, 5) is 0. The van der Waals surface area contributed by atoms with Crippen molar-refractivity contribution < 1.29 is 25.5 Å². The first-order valence-electron chi connectivity index (χ1n) is 5.37. The van der Waals surface area contributed by atoms with E-state index < -0.39 is 0 Å². The summed E-state index contributed by atoms with van der Waals surface area (Å²) in [5.74, 6) is 0. The van der Waals surface area contributed by atoms with E-state index in [1.165, 1.54) is 0 Å². The predicted octanol–water partition coefficient (Wildman–Crippen LogP) is 0.618. The topological polar surface area (TPSA) is 206 Å². The molecule has 0 fully saturated rings. The average molecular weight is 293 g/mol. The van der Waals surface area contributed by atoms with Crippen LogP contribution in [0.3, 0.4) is 0 Å². The molecule has 0 atom stereocenters. The van der Waals surface area contributed by atoms with E-state index in [0.717, 1.165) is 0 Å². The Bertz CT molecular complexity index is 71.9. The molecule has 0 saturated heterocycles. The van der Waals surface area contributed by atoms with Crippen molar-refractivity contribution in [2.24, 2.45) is 0 Å². The van der Waals surface area contributed by atoms with Crippen molar-refractivity contribution in [3.63, 3.8) is 0 Å². The largest absolute Gasteiger partial charge is 0.394 e. The van der Waals surface area contributed by atoms with Crippen LogP contribution in [-0.4, -0.2) is 57.1 Å². The number of hydrogen-bond acceptors (Lipinski definition) is 8. The highest BCUT2D eigenvalue weighted by atomic mass is 16.3. The van der Waals surface area contributed by atoms with Crippen LogP contribution in [0.15, 0.2) is 0 Å². The summed E-state index contributed by atoms with van der Waals surface area (Å²) in [6.45, 7) is 10.1. The van der Waals surface area contributed by atoms with Crippen LogP contribution in [0.5, 0.6) is 0 Å². The third-order valence-electron chi connectivity index (χ3n) is 0.1000. The van der Waals surface area contributed by atoms with E-state index in [2.05, 4.69) is 0 Å². The quantitative estimate of drug-likeness (QED) is 0.343. The lowest BCUT2D eigenvalue weighted by atomic mass is 10.5. The van der Waals surface area contributed by atoms with E-state index in [4.69, 9.17) is 25.5 Å². The van der Waals surface area contributed by atoms with Crippen molar-refractivity contribution in [3.8, 4) is 0 Å². The Morgan fingerprint density at radius 1 is 0.526 bits per heavy atom. The molecule has 0 heterocycles. The molecule has 0 amide bonds. The number of aliphatic hydroxyl groups is 5. The van der Waals surface area contributed by atoms with Gasteiger partial charge in [0, 0.05) is 18.3 Å². The molecular weight excluding hydrogens is 254 g/mol. The Hall–Kier alpha value is -0.320. The monoisotopic (exact) mass is 293 g/mol. The normalized spacial score (nSPS) is 7.26. The first-order valence-corrected chi connectivity index (χ1v) is 5.37. The summed E-state index contributed by atoms with van der Waals surface area (Å²) < 4.78 is 0. The van der Waals surface area contributed by atoms with Crippen LogP contribution in [0.4, 0.5) is 0 Å². The Morgan fingerprint density at radius 2 is 0.579 bits per heavy atom. The first kappa shape index (κ1) is 42.8. The summed E-state index contributed by atoms with van der Waals surface area (Å²) in [6, 6.07) is 0. The average Bonchev–Trinajstić information content (AvgIpc) is 2.00. The SMILES string of the molecule is CC(C)O.CC(C)O.CC(C)O.N.N.N.OCCO. The third kappa shape index (κ3) is 9400. The molecule has 0 aromatic heterocycles. The maximum absolute atomic E-state index is 8.06. The van der Waals surface area contributed by atoms with Crippen molar-refractivity contribution >= 4 is 0 Å². The standard InChI is InChI=1S/3C3H8O.C2H6O2.3H3N/c3*1-3(2)4;3-1-2-4;;;/h3*3-4H,1-2H3;3-4H,1-2H2;3*1H3. The molecule has 0 unspecified atom stereocenters. The lowest BCUT2D eigenvalue weighted by Gasteiger charge is -1.80. The molecule has 19 heavy (non-hydrogen) atoms. The minimum absolute atomic E-state index is 0. The van der Waals surface area contributed by atoms with Crippen molar-refractivity contribution in [1.29, 1.82) is 0 Å². The van der Waals surface area contributed by atoms with Gasteiger partial charge in [0.2, 0.25) is 0 Å². The summed E-state index contributed by atoms with van der Waals surface area (Å²) >= 11 is 0. The molecule has 0 aromatic carbocycles. The Kier molecular flexibility index (Phi) is 97.1. The van der Waals surface area contributed by atoms with Gasteiger partial charge < -0.3 is 44.0 Å². The fourth-order valence-corrected chi connectivity index (χ4v) is 0. The lowest BCUT2D eigenvalue weighted by Crippen LogP contribution is -1.85. The van der Waals surface area contributed by atoms with Crippen LogP contribution in [-0.2, 0) is 0 Å². The van der Waals surface area contributed by atoms with E-state index in [1.807, 2.05) is 0 Å². The fourth-order valence-electron chi connectivity index (χ4n) is 0. The van der Waals surface area contributed by atoms with E-state index in [1.54, 1.807) is 41.5 Å². The second-order valence-electron chi connectivity index (χ2n) is 3.73. The van der Waals surface area contributed by atoms with Gasteiger partial charge in [-0.3, -0.25) is 0 Å². The van der Waals surface area contributed by atoms with Crippen LogP contribution in [0.1, 0.15) is 41.5 Å². The van der Waals surface area contributed by atoms with Gasteiger partial charge >= 0.3 is 0 Å². The smallest absolute Gasteiger partial charge is 0.0662 e. The van der Waals surface area contributed by atoms with E-state index in [0.29, 0.717) is 0 Å². The highest BCUT2D eigenvalue weighted by Gasteiger charge is 1.70. The molecule has 0 aromatic rings. The van der Waals surface area contributed by atoms with Gasteiger partial charge in [-0.15, -0.1) is 0 Å². The first-order chi connectivity index (χ1) is 7.11. The third-order valence-corrected chi connectivity index (χ3v) is 0.1000. The highest BCUT2D eigenvalue weighted by Crippen LogP contribution is 1.65. The molecule has 0 aliphatic rings. The summed E-state index contributed by atoms with van der Waals surface area (Å²) in [7, 11) is 0. The zero-order chi connectivity index (χ0) is 14.1. The number of hydrogen-bond donors (Lipinski definition) is 8. The van der Waals surface area contributed by atoms with Crippen molar-refractivity contribution in [1.82, 2.24) is 18.5 Å². The van der Waals surface area contributed by atoms with Gasteiger partial charge in [-0.1, -0.05) is 0 Å². The van der Waals surface area contributed by atoms with Crippen LogP contribution in [0.2, 0.25) is 0 Å². The Labute approximate surface area is 118 Å². The van der Waals surface area contributed by atoms with Crippen LogP contribution in [0, 0.1) is 0 Å². The molecule has 128 valence electrons. The summed E-state index contributed by atoms with van der Waals surface area (Å²) in [5, 5.41) is 39.4. The molecule has 14 N–H and O–H groups in total. The molecular formula is C11H39N3O5. The zero-order valence-corrected chi connectivity index (χ0v) is 13.5. The van der Waals surface area contributed by atoms with Crippen LogP contribution >= 0.6 is 0 Å². The van der Waals surface area contributed by atoms with Gasteiger partial charge in [0.25, 0.3) is 0 Å². The van der Waals surface area contributed by atoms with Gasteiger partial charge in [-0.2, -0.15) is 0 Å². The molecule has 0 radical (unpaired) electrons. The van der Waals surface area contributed by atoms with Gasteiger partial charge in [0.15, 0.2) is 0 Å². The lowest BCUT2D eigenvalue weighted by molar-refractivity contribution is 0.186. The van der Waals surface area contributed by atoms with E-state index in [-0.39, 0.29) is 50.0 Å². The summed E-state index contributed by atoms with van der Waals surface area (Å²) in [6.07, 6.45) is -0.500. The van der Waals surface area contributed by atoms with Gasteiger partial charge in [0.05, 0.1) is 13.2 Å². The zero-order valence-electron chi connectivity index (χ0n) is 13.5. The van der Waals surface area contributed by atoms with Crippen LogP contribution < -0.4 is 18.5 Å². The second kappa shape index (κ2) is 43.1. The molecule has 8 heteroatoms. The maximum Gasteiger partial charge on any atom is 0.0662 e. The Balaban J connectivity index is -0.0000000192. The minimum atomic E-state index is -0.167. The molecule has 0 saturated carbocycles. The number of aliphatic hydroxyl groups excluding tert-OH is 5. The molecule has 0 rings (SSSR count). The molecule has 0 aliphatic heterocycles. The van der Waals surface area contributed by atoms with E-state index >= 15 is 0 Å². The van der Waals surface area contributed by atoms with Gasteiger partial charge in [-0.05, 0) is 41.5 Å². The van der Waals surface area contributed by atoms with E-state index in [9.17, 15) is 0 Å². The molecule has 0 bridgehead atoms. The fraction of sp³-hybridized carbons (Fsp3) is 1.00.